The average Bonchev–Trinajstić information content (AvgIpc) is 3.03. The number of amides is 4. The van der Waals surface area contributed by atoms with Gasteiger partial charge in [0, 0.05) is 43.0 Å². The van der Waals surface area contributed by atoms with Gasteiger partial charge in [0.2, 0.25) is 21.8 Å². The molecule has 2 aromatic rings. The van der Waals surface area contributed by atoms with E-state index in [2.05, 4.69) is 31.2 Å². The van der Waals surface area contributed by atoms with Crippen LogP contribution in [0.5, 0.6) is 0 Å². The summed E-state index contributed by atoms with van der Waals surface area (Å²) in [5, 5.41) is 22.5. The summed E-state index contributed by atoms with van der Waals surface area (Å²) in [5.41, 5.74) is 0.617. The third-order valence-electron chi connectivity index (χ3n) is 7.83. The number of hydrogen-bond donors (Lipinski definition) is 5. The number of carbonyl (C=O) groups excluding carboxylic acids is 4. The van der Waals surface area contributed by atoms with E-state index >= 15 is 0 Å². The number of hydrogen-bond acceptors (Lipinski definition) is 9. The lowest BCUT2D eigenvalue weighted by Gasteiger charge is -2.29. The van der Waals surface area contributed by atoms with E-state index in [1.54, 1.807) is 6.92 Å². The quantitative estimate of drug-likeness (QED) is 0.155. The minimum atomic E-state index is -3.75. The van der Waals surface area contributed by atoms with E-state index in [1.165, 1.54) is 43.8 Å². The van der Waals surface area contributed by atoms with E-state index in [9.17, 15) is 32.7 Å². The zero-order chi connectivity index (χ0) is 37.1. The van der Waals surface area contributed by atoms with Crippen molar-refractivity contribution >= 4 is 39.3 Å². The summed E-state index contributed by atoms with van der Waals surface area (Å²) in [4.78, 5) is 60.8. The first kappa shape index (κ1) is 41.1. The van der Waals surface area contributed by atoms with Crippen LogP contribution >= 0.6 is 0 Å². The lowest BCUT2D eigenvalue weighted by molar-refractivity contribution is -0.132. The summed E-state index contributed by atoms with van der Waals surface area (Å²) >= 11 is 0. The first-order valence-corrected chi connectivity index (χ1v) is 18.3. The Hall–Kier alpha value is -4.11. The molecule has 0 saturated carbocycles. The van der Waals surface area contributed by atoms with E-state index in [4.69, 9.17) is 0 Å². The largest absolute Gasteiger partial charge is 0.391 e. The van der Waals surface area contributed by atoms with Crippen molar-refractivity contribution in [2.45, 2.75) is 86.0 Å². The minimum Gasteiger partial charge on any atom is -0.391 e. The number of nitrogens with zero attached hydrogens (tertiary/aromatic N) is 3. The number of aliphatic hydroxyl groups is 1. The maximum absolute atomic E-state index is 13.7. The molecule has 2 rings (SSSR count). The minimum absolute atomic E-state index is 0.00316. The highest BCUT2D eigenvalue weighted by atomic mass is 32.2. The van der Waals surface area contributed by atoms with Crippen molar-refractivity contribution in [1.29, 1.82) is 0 Å². The van der Waals surface area contributed by atoms with Gasteiger partial charge >= 0.3 is 0 Å². The number of nitrogens with one attached hydrogen (secondary N) is 4. The summed E-state index contributed by atoms with van der Waals surface area (Å²) in [5.74, 6) is -2.47. The molecule has 0 aliphatic heterocycles. The van der Waals surface area contributed by atoms with Crippen molar-refractivity contribution in [1.82, 2.24) is 31.2 Å². The summed E-state index contributed by atoms with van der Waals surface area (Å²) in [6.07, 6.45) is 4.69. The standard InChI is InChI=1S/C34H53N7O7S/c1-20(2)12-28(29(42)13-23(7)31(43)40-30(22(5)6)34(46)37-17-21(3)4)39-33(45)25-14-24(15-27(16-25)41(8)49(9,47)48)32(44)38-19-26-18-35-10-11-36-26/h10-11,14-16,18,20-23,28-30,42H,12-13,17,19H2,1-9H3,(H,37,46)(H,38,44)(H,39,45)(H,40,43). The summed E-state index contributed by atoms with van der Waals surface area (Å²) < 4.78 is 25.7. The summed E-state index contributed by atoms with van der Waals surface area (Å²) in [7, 11) is -2.44. The molecule has 1 aromatic carbocycles. The van der Waals surface area contributed by atoms with Crippen molar-refractivity contribution in [3.8, 4) is 0 Å². The Balaban J connectivity index is 2.28. The molecule has 0 saturated heterocycles. The fourth-order valence-electron chi connectivity index (χ4n) is 4.89. The summed E-state index contributed by atoms with van der Waals surface area (Å²) in [6, 6.07) is 2.51. The predicted octanol–water partition coefficient (Wildman–Crippen LogP) is 2.25. The molecule has 15 heteroatoms. The van der Waals surface area contributed by atoms with Gasteiger partial charge in [-0.15, -0.1) is 0 Å². The van der Waals surface area contributed by atoms with Gasteiger partial charge in [0.15, 0.2) is 0 Å². The maximum atomic E-state index is 13.7. The Morgan fingerprint density at radius 1 is 0.837 bits per heavy atom. The Morgan fingerprint density at radius 2 is 1.47 bits per heavy atom. The van der Waals surface area contributed by atoms with Crippen molar-refractivity contribution in [2.75, 3.05) is 24.2 Å². The van der Waals surface area contributed by atoms with Gasteiger partial charge in [-0.3, -0.25) is 33.5 Å². The molecule has 14 nitrogen and oxygen atoms in total. The zero-order valence-electron chi connectivity index (χ0n) is 30.0. The van der Waals surface area contributed by atoms with Crippen LogP contribution in [0.15, 0.2) is 36.8 Å². The van der Waals surface area contributed by atoms with Crippen LogP contribution < -0.4 is 25.6 Å². The fraction of sp³-hybridized carbons (Fsp3) is 0.588. The predicted molar refractivity (Wildman–Crippen MR) is 188 cm³/mol. The van der Waals surface area contributed by atoms with Crippen molar-refractivity contribution in [3.63, 3.8) is 0 Å². The van der Waals surface area contributed by atoms with Gasteiger partial charge in [-0.05, 0) is 48.8 Å². The Morgan fingerprint density at radius 3 is 2.00 bits per heavy atom. The van der Waals surface area contributed by atoms with E-state index in [0.29, 0.717) is 18.7 Å². The topological polar surface area (TPSA) is 200 Å². The molecule has 0 radical (unpaired) electrons. The van der Waals surface area contributed by atoms with E-state index in [0.717, 1.165) is 10.6 Å². The molecule has 0 aliphatic rings. The van der Waals surface area contributed by atoms with Gasteiger partial charge in [0.25, 0.3) is 11.8 Å². The monoisotopic (exact) mass is 703 g/mol. The molecule has 0 spiro atoms. The SMILES string of the molecule is CC(C)CNC(=O)C(NC(=O)C(C)CC(O)C(CC(C)C)NC(=O)c1cc(C(=O)NCc2cnccn2)cc(N(C)S(C)(=O)=O)c1)C(C)C. The number of carbonyl (C=O) groups is 4. The first-order valence-electron chi connectivity index (χ1n) is 16.5. The molecule has 272 valence electrons. The molecule has 5 N–H and O–H groups in total. The third-order valence-corrected chi connectivity index (χ3v) is 9.04. The first-order chi connectivity index (χ1) is 22.8. The number of sulfonamides is 1. The number of rotatable bonds is 18. The fourth-order valence-corrected chi connectivity index (χ4v) is 5.38. The van der Waals surface area contributed by atoms with Gasteiger partial charge < -0.3 is 26.4 Å². The zero-order valence-corrected chi connectivity index (χ0v) is 30.8. The normalized spacial score (nSPS) is 14.1. The maximum Gasteiger partial charge on any atom is 0.251 e. The van der Waals surface area contributed by atoms with Gasteiger partial charge in [0.05, 0.1) is 42.5 Å². The number of anilines is 1. The van der Waals surface area contributed by atoms with Crippen molar-refractivity contribution in [2.24, 2.45) is 23.7 Å². The molecular weight excluding hydrogens is 650 g/mol. The molecule has 1 aromatic heterocycles. The van der Waals surface area contributed by atoms with Crippen LogP contribution in [0.4, 0.5) is 5.69 Å². The van der Waals surface area contributed by atoms with Crippen LogP contribution in [-0.2, 0) is 26.2 Å². The molecule has 4 amide bonds. The highest BCUT2D eigenvalue weighted by Gasteiger charge is 2.30. The number of benzene rings is 1. The second-order valence-electron chi connectivity index (χ2n) is 13.7. The Bertz CT molecular complexity index is 1530. The van der Waals surface area contributed by atoms with Gasteiger partial charge in [0.1, 0.15) is 6.04 Å². The molecule has 4 atom stereocenters. The lowest BCUT2D eigenvalue weighted by atomic mass is 9.91. The summed E-state index contributed by atoms with van der Waals surface area (Å²) in [6.45, 7) is 13.6. The van der Waals surface area contributed by atoms with Crippen LogP contribution in [-0.4, -0.2) is 85.2 Å². The van der Waals surface area contributed by atoms with Crippen molar-refractivity contribution in [3.05, 3.63) is 53.6 Å². The molecule has 0 fully saturated rings. The third kappa shape index (κ3) is 13.4. The molecular formula is C34H53N7O7S. The van der Waals surface area contributed by atoms with Gasteiger partial charge in [-0.2, -0.15) is 0 Å². The van der Waals surface area contributed by atoms with Gasteiger partial charge in [-0.1, -0.05) is 48.5 Å². The van der Waals surface area contributed by atoms with Crippen LogP contribution in [0.3, 0.4) is 0 Å². The second-order valence-corrected chi connectivity index (χ2v) is 15.7. The van der Waals surface area contributed by atoms with Crippen LogP contribution in [0, 0.1) is 23.7 Å². The van der Waals surface area contributed by atoms with Crippen LogP contribution in [0.25, 0.3) is 0 Å². The second kappa shape index (κ2) is 18.6. The molecule has 4 unspecified atom stereocenters. The number of aliphatic hydroxyl groups excluding tert-OH is 1. The number of aromatic nitrogens is 2. The van der Waals surface area contributed by atoms with Gasteiger partial charge in [-0.25, -0.2) is 8.42 Å². The van der Waals surface area contributed by atoms with E-state index in [1.807, 2.05) is 41.5 Å². The smallest absolute Gasteiger partial charge is 0.251 e. The Kier molecular flexibility index (Phi) is 15.6. The van der Waals surface area contributed by atoms with E-state index in [-0.39, 0.29) is 53.4 Å². The molecule has 49 heavy (non-hydrogen) atoms. The highest BCUT2D eigenvalue weighted by Crippen LogP contribution is 2.22. The van der Waals surface area contributed by atoms with Crippen LogP contribution in [0.1, 0.15) is 87.7 Å². The Labute approximate surface area is 290 Å². The lowest BCUT2D eigenvalue weighted by Crippen LogP contribution is -2.52. The average molecular weight is 704 g/mol. The van der Waals surface area contributed by atoms with E-state index < -0.39 is 51.9 Å². The molecule has 0 aliphatic carbocycles. The van der Waals surface area contributed by atoms with Crippen molar-refractivity contribution < 1.29 is 32.7 Å². The highest BCUT2D eigenvalue weighted by molar-refractivity contribution is 7.92. The molecule has 1 heterocycles. The van der Waals surface area contributed by atoms with Crippen LogP contribution in [0.2, 0.25) is 0 Å². The molecule has 0 bridgehead atoms.